The van der Waals surface area contributed by atoms with Gasteiger partial charge in [-0.05, 0) is 67.7 Å². The van der Waals surface area contributed by atoms with Gasteiger partial charge in [-0.3, -0.25) is 9.98 Å². The Morgan fingerprint density at radius 1 is 1.00 bits per heavy atom. The van der Waals surface area contributed by atoms with Crippen LogP contribution in [-0.4, -0.2) is 54.9 Å². The summed E-state index contributed by atoms with van der Waals surface area (Å²) >= 11 is 0. The molecule has 0 saturated heterocycles. The number of nitrogens with zero attached hydrogens (tertiary/aromatic N) is 4. The molecule has 3 heterocycles. The summed E-state index contributed by atoms with van der Waals surface area (Å²) in [6.07, 6.45) is 5.99. The molecule has 0 bridgehead atoms. The van der Waals surface area contributed by atoms with Crippen LogP contribution in [0, 0.1) is 0 Å². The molecule has 0 unspecified atom stereocenters. The molecule has 4 rings (SSSR count). The fourth-order valence-electron chi connectivity index (χ4n) is 3.52. The average molecular weight is 430 g/mol. The zero-order valence-corrected chi connectivity index (χ0v) is 18.6. The summed E-state index contributed by atoms with van der Waals surface area (Å²) in [7, 11) is 5.65. The Balaban J connectivity index is 1.63. The van der Waals surface area contributed by atoms with Gasteiger partial charge in [0.05, 0.1) is 18.5 Å². The number of aliphatic imine (C=N–C) groups is 1. The molecule has 1 aliphatic rings. The normalized spacial score (nSPS) is 13.4. The molecule has 164 valence electrons. The largest absolute Gasteiger partial charge is 0.493 e. The molecule has 3 aromatic rings. The summed E-state index contributed by atoms with van der Waals surface area (Å²) in [5.41, 5.74) is 11.9. The van der Waals surface area contributed by atoms with Crippen LogP contribution in [0.5, 0.6) is 11.5 Å². The molecule has 0 fully saturated rings. The Hall–Kier alpha value is -3.71. The predicted molar refractivity (Wildman–Crippen MR) is 128 cm³/mol. The van der Waals surface area contributed by atoms with E-state index in [9.17, 15) is 0 Å². The van der Waals surface area contributed by atoms with Gasteiger partial charge in [0.25, 0.3) is 0 Å². The second-order valence-corrected chi connectivity index (χ2v) is 7.79. The summed E-state index contributed by atoms with van der Waals surface area (Å²) in [6, 6.07) is 13.9. The van der Waals surface area contributed by atoms with Crippen molar-refractivity contribution < 1.29 is 9.47 Å². The van der Waals surface area contributed by atoms with E-state index in [1.165, 1.54) is 0 Å². The van der Waals surface area contributed by atoms with E-state index >= 15 is 0 Å². The Labute approximate surface area is 188 Å². The fourth-order valence-corrected chi connectivity index (χ4v) is 3.52. The van der Waals surface area contributed by atoms with Gasteiger partial charge < -0.3 is 20.1 Å². The van der Waals surface area contributed by atoms with Gasteiger partial charge in [-0.25, -0.2) is 4.98 Å². The van der Waals surface area contributed by atoms with Crippen LogP contribution in [0.1, 0.15) is 23.1 Å². The first-order valence-corrected chi connectivity index (χ1v) is 10.4. The maximum Gasteiger partial charge on any atom is 0.166 e. The molecule has 7 nitrogen and oxygen atoms in total. The first-order chi connectivity index (χ1) is 15.5. The molecule has 32 heavy (non-hydrogen) atoms. The molecule has 7 heteroatoms. The van der Waals surface area contributed by atoms with Gasteiger partial charge in [0.15, 0.2) is 11.6 Å². The number of allylic oxidation sites excluding steroid dienone is 1. The first kappa shape index (κ1) is 21.5. The van der Waals surface area contributed by atoms with Crippen molar-refractivity contribution in [3.63, 3.8) is 0 Å². The summed E-state index contributed by atoms with van der Waals surface area (Å²) in [4.78, 5) is 15.5. The molecule has 0 saturated carbocycles. The van der Waals surface area contributed by atoms with Gasteiger partial charge in [0.1, 0.15) is 12.4 Å². The number of hydrogen-bond acceptors (Lipinski definition) is 7. The number of pyridine rings is 2. The maximum absolute atomic E-state index is 5.92. The second kappa shape index (κ2) is 9.62. The highest BCUT2D eigenvalue weighted by atomic mass is 16.5. The van der Waals surface area contributed by atoms with E-state index < -0.39 is 0 Å². The highest BCUT2D eigenvalue weighted by Crippen LogP contribution is 2.38. The number of rotatable bonds is 8. The SMILES string of the molecule is COc1cc(C2=C(c3ccncc3)N=C(c3ccc(OCCN(C)C)cc3)C2)cnc1N. The lowest BCUT2D eigenvalue weighted by Crippen LogP contribution is -2.19. The number of benzene rings is 1. The number of ether oxygens (including phenoxy) is 2. The Bertz CT molecular complexity index is 1140. The minimum absolute atomic E-state index is 0.367. The lowest BCUT2D eigenvalue weighted by Gasteiger charge is -2.11. The third-order valence-corrected chi connectivity index (χ3v) is 5.28. The summed E-state index contributed by atoms with van der Waals surface area (Å²) in [5, 5.41) is 0. The minimum Gasteiger partial charge on any atom is -0.493 e. The highest BCUT2D eigenvalue weighted by molar-refractivity contribution is 6.16. The fraction of sp³-hybridized carbons (Fsp3) is 0.240. The van der Waals surface area contributed by atoms with Crippen molar-refractivity contribution in [1.29, 1.82) is 0 Å². The van der Waals surface area contributed by atoms with E-state index in [1.807, 2.05) is 44.4 Å². The van der Waals surface area contributed by atoms with E-state index in [4.69, 9.17) is 20.2 Å². The minimum atomic E-state index is 0.367. The number of methoxy groups -OCH3 is 1. The van der Waals surface area contributed by atoms with Crippen molar-refractivity contribution in [2.75, 3.05) is 40.1 Å². The van der Waals surface area contributed by atoms with Gasteiger partial charge in [-0.15, -0.1) is 0 Å². The quantitative estimate of drug-likeness (QED) is 0.587. The zero-order valence-electron chi connectivity index (χ0n) is 18.6. The van der Waals surface area contributed by atoms with Crippen molar-refractivity contribution in [3.05, 3.63) is 77.7 Å². The molecule has 0 aliphatic carbocycles. The van der Waals surface area contributed by atoms with E-state index in [0.717, 1.165) is 46.0 Å². The predicted octanol–water partition coefficient (Wildman–Crippen LogP) is 3.77. The molecule has 0 atom stereocenters. The van der Waals surface area contributed by atoms with E-state index in [2.05, 4.69) is 27.0 Å². The molecule has 2 N–H and O–H groups in total. The van der Waals surface area contributed by atoms with Crippen molar-refractivity contribution in [2.45, 2.75) is 6.42 Å². The highest BCUT2D eigenvalue weighted by Gasteiger charge is 2.23. The number of nitrogens with two attached hydrogens (primary N) is 1. The number of nitrogen functional groups attached to an aromatic ring is 1. The summed E-state index contributed by atoms with van der Waals surface area (Å²) in [6.45, 7) is 1.52. The van der Waals surface area contributed by atoms with Crippen LogP contribution in [0.4, 0.5) is 5.82 Å². The second-order valence-electron chi connectivity index (χ2n) is 7.79. The smallest absolute Gasteiger partial charge is 0.166 e. The molecule has 0 radical (unpaired) electrons. The molecule has 2 aromatic heterocycles. The third-order valence-electron chi connectivity index (χ3n) is 5.28. The van der Waals surface area contributed by atoms with Crippen LogP contribution in [0.2, 0.25) is 0 Å². The van der Waals surface area contributed by atoms with Crippen LogP contribution in [0.15, 0.2) is 66.0 Å². The van der Waals surface area contributed by atoms with Gasteiger partial charge in [-0.2, -0.15) is 0 Å². The van der Waals surface area contributed by atoms with Gasteiger partial charge in [0, 0.05) is 42.7 Å². The van der Waals surface area contributed by atoms with E-state index in [-0.39, 0.29) is 0 Å². The van der Waals surface area contributed by atoms with Gasteiger partial charge >= 0.3 is 0 Å². The zero-order chi connectivity index (χ0) is 22.5. The van der Waals surface area contributed by atoms with Crippen LogP contribution >= 0.6 is 0 Å². The summed E-state index contributed by atoms with van der Waals surface area (Å²) in [5.74, 6) is 1.77. The van der Waals surface area contributed by atoms with Crippen molar-refractivity contribution in [1.82, 2.24) is 14.9 Å². The molecular weight excluding hydrogens is 402 g/mol. The first-order valence-electron chi connectivity index (χ1n) is 10.4. The van der Waals surface area contributed by atoms with Crippen LogP contribution in [-0.2, 0) is 0 Å². The van der Waals surface area contributed by atoms with Crippen LogP contribution in [0.25, 0.3) is 11.3 Å². The summed E-state index contributed by atoms with van der Waals surface area (Å²) < 4.78 is 11.2. The van der Waals surface area contributed by atoms with Crippen LogP contribution in [0.3, 0.4) is 0 Å². The molecule has 0 amide bonds. The number of hydrogen-bond donors (Lipinski definition) is 1. The Morgan fingerprint density at radius 3 is 2.44 bits per heavy atom. The van der Waals surface area contributed by atoms with Gasteiger partial charge in [0.2, 0.25) is 0 Å². The monoisotopic (exact) mass is 429 g/mol. The lowest BCUT2D eigenvalue weighted by molar-refractivity contribution is 0.261. The topological polar surface area (TPSA) is 85.9 Å². The van der Waals surface area contributed by atoms with E-state index in [1.54, 1.807) is 25.7 Å². The van der Waals surface area contributed by atoms with Crippen molar-refractivity contribution in [2.24, 2.45) is 4.99 Å². The molecule has 0 spiro atoms. The van der Waals surface area contributed by atoms with Crippen molar-refractivity contribution in [3.8, 4) is 11.5 Å². The number of likely N-dealkylation sites (N-methyl/N-ethyl adjacent to an activating group) is 1. The lowest BCUT2D eigenvalue weighted by atomic mass is 9.97. The standard InChI is InChI=1S/C25H27N5O2/c1-30(2)12-13-32-20-6-4-17(5-7-20)22-15-21(19-14-23(31-3)25(26)28-16-19)24(29-22)18-8-10-27-11-9-18/h4-11,14,16H,12-13,15H2,1-3H3,(H2,26,28). The maximum atomic E-state index is 5.92. The van der Waals surface area contributed by atoms with Gasteiger partial charge in [-0.1, -0.05) is 0 Å². The Kier molecular flexibility index (Phi) is 6.47. The Morgan fingerprint density at radius 2 is 1.75 bits per heavy atom. The average Bonchev–Trinajstić information content (AvgIpc) is 3.26. The molecule has 1 aliphatic heterocycles. The third kappa shape index (κ3) is 4.78. The molecule has 1 aromatic carbocycles. The number of aromatic nitrogens is 2. The molecular formula is C25H27N5O2. The van der Waals surface area contributed by atoms with Crippen LogP contribution < -0.4 is 15.2 Å². The van der Waals surface area contributed by atoms with E-state index in [0.29, 0.717) is 24.6 Å². The van der Waals surface area contributed by atoms with Crippen molar-refractivity contribution >= 4 is 22.8 Å². The number of anilines is 1.